The largest absolute Gasteiger partial charge is 0.364 e. The van der Waals surface area contributed by atoms with Gasteiger partial charge in [-0.15, -0.1) is 0 Å². The highest BCUT2D eigenvalue weighted by Gasteiger charge is 2.12. The summed E-state index contributed by atoms with van der Waals surface area (Å²) in [4.78, 5) is 27.8. The lowest BCUT2D eigenvalue weighted by atomic mass is 10.1. The van der Waals surface area contributed by atoms with Gasteiger partial charge in [-0.1, -0.05) is 315 Å². The molecule has 0 atom stereocenters. The Labute approximate surface area is 631 Å². The molecule has 0 aliphatic rings. The van der Waals surface area contributed by atoms with Crippen molar-refractivity contribution in [3.8, 4) is 16.8 Å². The normalized spacial score (nSPS) is 9.28. The van der Waals surface area contributed by atoms with Crippen LogP contribution in [0, 0.1) is 48.5 Å². The van der Waals surface area contributed by atoms with Crippen molar-refractivity contribution in [1.82, 2.24) is 49.6 Å². The van der Waals surface area contributed by atoms with E-state index in [0.29, 0.717) is 0 Å². The summed E-state index contributed by atoms with van der Waals surface area (Å²) in [5, 5.41) is 22.6. The van der Waals surface area contributed by atoms with E-state index in [2.05, 4.69) is 273 Å². The van der Waals surface area contributed by atoms with Crippen LogP contribution >= 0.6 is 0 Å². The van der Waals surface area contributed by atoms with Crippen molar-refractivity contribution in [3.05, 3.63) is 324 Å². The second-order valence-corrected chi connectivity index (χ2v) is 22.4. The summed E-state index contributed by atoms with van der Waals surface area (Å²) in [7, 11) is 0. The first-order chi connectivity index (χ1) is 51.1. The molecular weight excluding hydrogens is 1290 g/mol. The molecule has 0 unspecified atom stereocenters. The van der Waals surface area contributed by atoms with Crippen molar-refractivity contribution < 1.29 is 4.52 Å². The summed E-state index contributed by atoms with van der Waals surface area (Å²) >= 11 is 0. The number of fused-ring (bicyclic) bond motifs is 5. The molecule has 0 aliphatic carbocycles. The van der Waals surface area contributed by atoms with E-state index in [1.165, 1.54) is 87.5 Å². The number of rotatable bonds is 2. The standard InChI is InChI=1S/2C11H10.C10H9NO.3C10H9N.C9H9N3O.C6H11N3.8C2H6/c1-9-5-4-7-10-6-2-3-8-11(9)10;1-9-6-7-10-4-2-3-5-11(10)8-9;1-8-2-4-9(5-3-8)10-6-11-12-7-10;1-8-4-2-5-9-6-3-7-11-10(8)9;1-8-4-5-9-3-2-6-11-10(9)7-8;1-8-6-9-4-2-3-5-10(9)11-7-8;1-7-2-4-8(5-3-7)12-6-10-11-9(12)13;1-6(2,3)9-5-7-4-8-9;8*1-2/h2*2-8H,1H3;2-7H,1H3;3*2-7H,1H3;2-6H,1H3,(H,11,13);4-5H,1-3H3;8*1-2H3. The quantitative estimate of drug-likeness (QED) is 0.179. The van der Waals surface area contributed by atoms with E-state index >= 15 is 0 Å². The summed E-state index contributed by atoms with van der Waals surface area (Å²) in [5.74, 6) is 0. The number of para-hydroxylation sites is 2. The number of aromatic amines is 1. The van der Waals surface area contributed by atoms with Crippen molar-refractivity contribution in [1.29, 1.82) is 0 Å². The third-order valence-electron chi connectivity index (χ3n) is 14.0. The molecule has 6 heterocycles. The Kier molecular flexibility index (Phi) is 50.6. The van der Waals surface area contributed by atoms with Crippen LogP contribution < -0.4 is 5.69 Å². The fourth-order valence-corrected chi connectivity index (χ4v) is 9.10. The number of pyridine rings is 3. The van der Waals surface area contributed by atoms with Gasteiger partial charge >= 0.3 is 5.69 Å². The molecular formula is C93H124N10O2. The summed E-state index contributed by atoms with van der Waals surface area (Å²) in [6, 6.07) is 76.5. The van der Waals surface area contributed by atoms with Gasteiger partial charge in [0, 0.05) is 40.3 Å². The Balaban J connectivity index is 0.00000115. The summed E-state index contributed by atoms with van der Waals surface area (Å²) in [6.45, 7) is 52.8. The monoisotopic (exact) mass is 1410 g/mol. The number of H-pyrrole nitrogens is 1. The van der Waals surface area contributed by atoms with Gasteiger partial charge in [-0.25, -0.2) is 24.1 Å². The van der Waals surface area contributed by atoms with E-state index in [1.54, 1.807) is 25.1 Å². The number of nitrogens with zero attached hydrogens (tertiary/aromatic N) is 9. The van der Waals surface area contributed by atoms with Crippen LogP contribution in [0.2, 0.25) is 0 Å². The lowest BCUT2D eigenvalue weighted by Gasteiger charge is -2.17. The Hall–Kier alpha value is -11.0. The fourth-order valence-electron chi connectivity index (χ4n) is 9.10. The Morgan fingerprint density at radius 3 is 1.41 bits per heavy atom. The first-order valence-corrected chi connectivity index (χ1v) is 37.4. The van der Waals surface area contributed by atoms with E-state index in [1.807, 2.05) is 196 Å². The zero-order valence-electron chi connectivity index (χ0n) is 68.3. The molecule has 0 amide bonds. The van der Waals surface area contributed by atoms with Crippen LogP contribution in [0.3, 0.4) is 0 Å². The first-order valence-electron chi connectivity index (χ1n) is 37.4. The number of aromatic nitrogens is 10. The molecule has 0 saturated heterocycles. The Morgan fingerprint density at radius 2 is 0.867 bits per heavy atom. The third kappa shape index (κ3) is 34.7. The molecule has 15 rings (SSSR count). The van der Waals surface area contributed by atoms with E-state index < -0.39 is 0 Å². The molecule has 12 nitrogen and oxygen atoms in total. The van der Waals surface area contributed by atoms with Gasteiger partial charge < -0.3 is 4.52 Å². The zero-order valence-corrected chi connectivity index (χ0v) is 68.3. The second-order valence-electron chi connectivity index (χ2n) is 22.4. The van der Waals surface area contributed by atoms with Gasteiger partial charge in [-0.05, 0) is 161 Å². The minimum atomic E-state index is -0.219. The highest BCUT2D eigenvalue weighted by molar-refractivity contribution is 5.86. The maximum absolute atomic E-state index is 11.1. The molecule has 0 fully saturated rings. The molecule has 558 valence electrons. The maximum Gasteiger partial charge on any atom is 0.347 e. The molecule has 0 radical (unpaired) electrons. The number of aryl methyl sites for hydroxylation is 7. The lowest BCUT2D eigenvalue weighted by Crippen LogP contribution is -2.21. The Bertz CT molecular complexity index is 4360. The molecule has 0 saturated carbocycles. The van der Waals surface area contributed by atoms with Gasteiger partial charge in [-0.2, -0.15) is 10.2 Å². The summed E-state index contributed by atoms with van der Waals surface area (Å²) in [5.41, 5.74) is 14.9. The van der Waals surface area contributed by atoms with Crippen LogP contribution in [0.4, 0.5) is 0 Å². The summed E-state index contributed by atoms with van der Waals surface area (Å²) in [6.07, 6.45) is 13.6. The molecule has 105 heavy (non-hydrogen) atoms. The molecule has 0 spiro atoms. The van der Waals surface area contributed by atoms with E-state index in [9.17, 15) is 4.79 Å². The molecule has 12 heteroatoms. The fraction of sp³-hybridized carbons (Fsp3) is 0.290. The minimum absolute atomic E-state index is 0.0660. The molecule has 0 bridgehead atoms. The van der Waals surface area contributed by atoms with E-state index in [-0.39, 0.29) is 11.2 Å². The van der Waals surface area contributed by atoms with Crippen molar-refractivity contribution in [2.45, 2.75) is 186 Å². The van der Waals surface area contributed by atoms with Crippen molar-refractivity contribution in [2.75, 3.05) is 0 Å². The zero-order chi connectivity index (χ0) is 79.0. The molecule has 1 N–H and O–H groups in total. The van der Waals surface area contributed by atoms with Gasteiger partial charge in [0.2, 0.25) is 0 Å². The lowest BCUT2D eigenvalue weighted by molar-refractivity contribution is 0.354. The SMILES string of the molecule is CC.CC.CC.CC.CC.CC.CC.CC.CC(C)(C)n1cncn1.Cc1ccc(-c2cnoc2)cc1.Cc1ccc(-n2cn[nH]c2=O)cc1.Cc1ccc2ccccc2c1.Cc1ccc2cccnc2c1.Cc1cccc2ccccc12.Cc1cccc2cccnc12.Cc1cnc2ccccc2c1. The molecule has 9 aromatic carbocycles. The van der Waals surface area contributed by atoms with Crippen LogP contribution in [0.1, 0.15) is 170 Å². The second kappa shape index (κ2) is 56.5. The number of hydrogen-bond acceptors (Lipinski definition) is 9. The summed E-state index contributed by atoms with van der Waals surface area (Å²) < 4.78 is 8.03. The number of nitrogens with one attached hydrogen (secondary N) is 1. The topological polar surface area (TPSA) is 146 Å². The smallest absolute Gasteiger partial charge is 0.347 e. The highest BCUT2D eigenvalue weighted by Crippen LogP contribution is 2.21. The van der Waals surface area contributed by atoms with Gasteiger partial charge in [0.05, 0.1) is 34.0 Å². The van der Waals surface area contributed by atoms with Gasteiger partial charge in [0.25, 0.3) is 0 Å². The average Bonchev–Trinajstić information content (AvgIpc) is 1.82. The maximum atomic E-state index is 11.1. The molecule has 15 aromatic rings. The van der Waals surface area contributed by atoms with E-state index in [0.717, 1.165) is 33.4 Å². The van der Waals surface area contributed by atoms with Crippen LogP contribution in [0.5, 0.6) is 0 Å². The van der Waals surface area contributed by atoms with Gasteiger partial charge in [-0.3, -0.25) is 15.0 Å². The number of hydrogen-bond donors (Lipinski definition) is 1. The van der Waals surface area contributed by atoms with Gasteiger partial charge in [0.15, 0.2) is 0 Å². The predicted molar refractivity (Wildman–Crippen MR) is 458 cm³/mol. The first kappa shape index (κ1) is 94.0. The van der Waals surface area contributed by atoms with Gasteiger partial charge in [0.1, 0.15) is 25.2 Å². The van der Waals surface area contributed by atoms with Crippen LogP contribution in [0.25, 0.3) is 71.1 Å². The third-order valence-corrected chi connectivity index (χ3v) is 14.0. The van der Waals surface area contributed by atoms with Crippen molar-refractivity contribution in [2.24, 2.45) is 0 Å². The number of benzene rings is 9. The van der Waals surface area contributed by atoms with Crippen molar-refractivity contribution in [3.63, 3.8) is 0 Å². The van der Waals surface area contributed by atoms with Crippen molar-refractivity contribution >= 4 is 54.3 Å². The Morgan fingerprint density at radius 1 is 0.381 bits per heavy atom. The van der Waals surface area contributed by atoms with Crippen LogP contribution in [0.15, 0.2) is 284 Å². The molecule has 0 aliphatic heterocycles. The highest BCUT2D eigenvalue weighted by atomic mass is 16.5. The van der Waals surface area contributed by atoms with Crippen LogP contribution in [-0.2, 0) is 5.54 Å². The molecule has 6 aromatic heterocycles. The predicted octanol–water partition coefficient (Wildman–Crippen LogP) is 26.7. The minimum Gasteiger partial charge on any atom is -0.364 e. The van der Waals surface area contributed by atoms with E-state index in [4.69, 9.17) is 4.52 Å². The average molecular weight is 1410 g/mol. The van der Waals surface area contributed by atoms with Crippen LogP contribution in [-0.4, -0.2) is 49.6 Å².